The van der Waals surface area contributed by atoms with E-state index >= 15 is 0 Å². The second-order valence-electron chi connectivity index (χ2n) is 4.14. The van der Waals surface area contributed by atoms with Gasteiger partial charge in [0.1, 0.15) is 5.69 Å². The number of esters is 1. The molecule has 1 aromatic heterocycles. The fraction of sp³-hybridized carbons (Fsp3) is 0.455. The minimum atomic E-state index is -0.844. The lowest BCUT2D eigenvalue weighted by Gasteiger charge is -2.33. The van der Waals surface area contributed by atoms with Crippen LogP contribution in [0.15, 0.2) is 12.3 Å². The Morgan fingerprint density at radius 2 is 2.35 bits per heavy atom. The molecule has 1 unspecified atom stereocenters. The van der Waals surface area contributed by atoms with Crippen LogP contribution in [-0.2, 0) is 14.3 Å². The molecule has 2 heterocycles. The molecule has 9 heteroatoms. The number of carbonyl (C=O) groups is 2. The summed E-state index contributed by atoms with van der Waals surface area (Å²) in [4.78, 5) is 37.7. The fourth-order valence-corrected chi connectivity index (χ4v) is 1.94. The Balaban J connectivity index is 2.20. The van der Waals surface area contributed by atoms with Gasteiger partial charge in [-0.2, -0.15) is 0 Å². The van der Waals surface area contributed by atoms with Crippen LogP contribution in [0.2, 0.25) is 0 Å². The highest BCUT2D eigenvalue weighted by molar-refractivity contribution is 5.96. The lowest BCUT2D eigenvalue weighted by atomic mass is 10.2. The molecule has 1 saturated heterocycles. The largest absolute Gasteiger partial charge is 0.467 e. The summed E-state index contributed by atoms with van der Waals surface area (Å²) in [5.41, 5.74) is -0.163. The van der Waals surface area contributed by atoms with Crippen LogP contribution in [0.4, 0.5) is 5.69 Å². The number of ether oxygens (including phenoxy) is 2. The highest BCUT2D eigenvalue weighted by atomic mass is 16.6. The molecule has 0 aliphatic carbocycles. The molecular weight excluding hydrogens is 270 g/mol. The van der Waals surface area contributed by atoms with Crippen molar-refractivity contribution in [2.24, 2.45) is 0 Å². The summed E-state index contributed by atoms with van der Waals surface area (Å²) in [6.45, 7) is 0.550. The molecule has 1 aliphatic rings. The average molecular weight is 283 g/mol. The Morgan fingerprint density at radius 1 is 1.60 bits per heavy atom. The van der Waals surface area contributed by atoms with Crippen LogP contribution in [0.1, 0.15) is 10.5 Å². The first-order chi connectivity index (χ1) is 9.54. The number of methoxy groups -OCH3 is 1. The Labute approximate surface area is 113 Å². The average Bonchev–Trinajstić information content (AvgIpc) is 2.95. The molecule has 0 aromatic carbocycles. The zero-order chi connectivity index (χ0) is 14.7. The number of amides is 1. The molecule has 1 fully saturated rings. The maximum absolute atomic E-state index is 12.3. The summed E-state index contributed by atoms with van der Waals surface area (Å²) >= 11 is 0. The van der Waals surface area contributed by atoms with Gasteiger partial charge in [0.2, 0.25) is 0 Å². The molecule has 0 bridgehead atoms. The Morgan fingerprint density at radius 3 is 2.95 bits per heavy atom. The number of aromatic amines is 1. The Kier molecular flexibility index (Phi) is 3.99. The van der Waals surface area contributed by atoms with Gasteiger partial charge in [-0.3, -0.25) is 14.9 Å². The van der Waals surface area contributed by atoms with E-state index in [-0.39, 0.29) is 24.5 Å². The molecule has 0 radical (unpaired) electrons. The molecule has 1 N–H and O–H groups in total. The smallest absolute Gasteiger partial charge is 0.331 e. The van der Waals surface area contributed by atoms with Crippen molar-refractivity contribution in [2.45, 2.75) is 6.04 Å². The number of hydrogen-bond donors (Lipinski definition) is 1. The van der Waals surface area contributed by atoms with Crippen molar-refractivity contribution < 1.29 is 24.0 Å². The van der Waals surface area contributed by atoms with Crippen molar-refractivity contribution in [2.75, 3.05) is 26.9 Å². The zero-order valence-electron chi connectivity index (χ0n) is 10.7. The number of hydrogen-bond acceptors (Lipinski definition) is 6. The predicted molar refractivity (Wildman–Crippen MR) is 65.1 cm³/mol. The third-order valence-electron chi connectivity index (χ3n) is 2.97. The summed E-state index contributed by atoms with van der Waals surface area (Å²) in [5.74, 6) is -1.09. The van der Waals surface area contributed by atoms with Crippen molar-refractivity contribution in [1.29, 1.82) is 0 Å². The standard InChI is InChI=1S/C11H13N3O6/c1-19-11(16)9-6-20-3-2-13(9)10(15)8-4-7(5-12-8)14(17)18/h4-5,9,12H,2-3,6H2,1H3. The predicted octanol–water partition coefficient (Wildman–Crippen LogP) is -0.0631. The van der Waals surface area contributed by atoms with Gasteiger partial charge in [-0.05, 0) is 0 Å². The maximum Gasteiger partial charge on any atom is 0.331 e. The van der Waals surface area contributed by atoms with Crippen molar-refractivity contribution in [1.82, 2.24) is 9.88 Å². The van der Waals surface area contributed by atoms with E-state index in [4.69, 9.17) is 4.74 Å². The molecule has 20 heavy (non-hydrogen) atoms. The molecule has 1 amide bonds. The maximum atomic E-state index is 12.3. The van der Waals surface area contributed by atoms with Gasteiger partial charge in [0, 0.05) is 12.6 Å². The third kappa shape index (κ3) is 2.62. The number of morpholine rings is 1. The number of nitro groups is 1. The van der Waals surface area contributed by atoms with Crippen LogP contribution >= 0.6 is 0 Å². The number of H-pyrrole nitrogens is 1. The number of aromatic nitrogens is 1. The third-order valence-corrected chi connectivity index (χ3v) is 2.97. The minimum absolute atomic E-state index is 0.0429. The minimum Gasteiger partial charge on any atom is -0.467 e. The van der Waals surface area contributed by atoms with Crippen LogP contribution in [0.25, 0.3) is 0 Å². The number of nitrogens with one attached hydrogen (secondary N) is 1. The van der Waals surface area contributed by atoms with E-state index in [1.54, 1.807) is 0 Å². The first-order valence-corrected chi connectivity index (χ1v) is 5.84. The van der Waals surface area contributed by atoms with Crippen LogP contribution in [0.5, 0.6) is 0 Å². The van der Waals surface area contributed by atoms with E-state index in [0.29, 0.717) is 6.61 Å². The molecule has 2 rings (SSSR count). The summed E-state index contributed by atoms with van der Waals surface area (Å²) in [5, 5.41) is 10.6. The quantitative estimate of drug-likeness (QED) is 0.472. The molecule has 1 aliphatic heterocycles. The summed E-state index contributed by atoms with van der Waals surface area (Å²) in [6, 6.07) is 0.287. The number of rotatable bonds is 3. The van der Waals surface area contributed by atoms with Gasteiger partial charge in [-0.1, -0.05) is 0 Å². The summed E-state index contributed by atoms with van der Waals surface area (Å²) < 4.78 is 9.77. The van der Waals surface area contributed by atoms with Crippen LogP contribution in [0.3, 0.4) is 0 Å². The van der Waals surface area contributed by atoms with Crippen LogP contribution in [0, 0.1) is 10.1 Å². The molecule has 9 nitrogen and oxygen atoms in total. The fourth-order valence-electron chi connectivity index (χ4n) is 1.94. The van der Waals surface area contributed by atoms with E-state index in [1.165, 1.54) is 12.0 Å². The molecule has 1 aromatic rings. The van der Waals surface area contributed by atoms with Gasteiger partial charge in [0.15, 0.2) is 6.04 Å². The van der Waals surface area contributed by atoms with Crippen molar-refractivity contribution in [3.63, 3.8) is 0 Å². The second kappa shape index (κ2) is 5.70. The summed E-state index contributed by atoms with van der Waals surface area (Å²) in [6.07, 6.45) is 1.13. The van der Waals surface area contributed by atoms with E-state index in [2.05, 4.69) is 9.72 Å². The first kappa shape index (κ1) is 14.0. The topological polar surface area (TPSA) is 115 Å². The SMILES string of the molecule is COC(=O)C1COCCN1C(=O)c1cc([N+](=O)[O-])c[nH]1. The van der Waals surface area contributed by atoms with E-state index < -0.39 is 22.8 Å². The lowest BCUT2D eigenvalue weighted by molar-refractivity contribution is -0.384. The van der Waals surface area contributed by atoms with Crippen molar-refractivity contribution in [3.8, 4) is 0 Å². The van der Waals surface area contributed by atoms with Crippen LogP contribution < -0.4 is 0 Å². The monoisotopic (exact) mass is 283 g/mol. The van der Waals surface area contributed by atoms with Gasteiger partial charge in [0.25, 0.3) is 11.6 Å². The zero-order valence-corrected chi connectivity index (χ0v) is 10.7. The summed E-state index contributed by atoms with van der Waals surface area (Å²) in [7, 11) is 1.22. The van der Waals surface area contributed by atoms with Crippen molar-refractivity contribution in [3.05, 3.63) is 28.1 Å². The highest BCUT2D eigenvalue weighted by Crippen LogP contribution is 2.17. The van der Waals surface area contributed by atoms with E-state index in [0.717, 1.165) is 12.3 Å². The van der Waals surface area contributed by atoms with Gasteiger partial charge < -0.3 is 19.4 Å². The normalized spacial score (nSPS) is 18.6. The number of nitrogens with zero attached hydrogens (tertiary/aromatic N) is 2. The van der Waals surface area contributed by atoms with E-state index in [9.17, 15) is 19.7 Å². The number of carbonyl (C=O) groups excluding carboxylic acids is 2. The second-order valence-corrected chi connectivity index (χ2v) is 4.14. The van der Waals surface area contributed by atoms with Crippen LogP contribution in [-0.4, -0.2) is 59.6 Å². The lowest BCUT2D eigenvalue weighted by Crippen LogP contribution is -2.53. The first-order valence-electron chi connectivity index (χ1n) is 5.84. The molecular formula is C11H13N3O6. The molecule has 0 saturated carbocycles. The Bertz CT molecular complexity index is 540. The van der Waals surface area contributed by atoms with Gasteiger partial charge in [-0.15, -0.1) is 0 Å². The highest BCUT2D eigenvalue weighted by Gasteiger charge is 2.35. The van der Waals surface area contributed by atoms with Gasteiger partial charge >= 0.3 is 5.97 Å². The molecule has 108 valence electrons. The van der Waals surface area contributed by atoms with Gasteiger partial charge in [0.05, 0.1) is 31.4 Å². The van der Waals surface area contributed by atoms with Gasteiger partial charge in [-0.25, -0.2) is 4.79 Å². The molecule has 0 spiro atoms. The molecule has 1 atom stereocenters. The van der Waals surface area contributed by atoms with Crippen molar-refractivity contribution >= 4 is 17.6 Å². The van der Waals surface area contributed by atoms with E-state index in [1.807, 2.05) is 0 Å². The Hall–Kier alpha value is -2.42.